The van der Waals surface area contributed by atoms with Crippen LogP contribution >= 0.6 is 0 Å². The molecule has 3 amide bonds. The maximum Gasteiger partial charge on any atom is 0.329 e. The van der Waals surface area contributed by atoms with E-state index in [1.165, 1.54) is 29.9 Å². The van der Waals surface area contributed by atoms with Crippen LogP contribution in [0.1, 0.15) is 104 Å². The molecule has 1 unspecified atom stereocenters. The number of alkyl halides is 2. The molecule has 0 bridgehead atoms. The van der Waals surface area contributed by atoms with Crippen LogP contribution < -0.4 is 21.6 Å². The van der Waals surface area contributed by atoms with Gasteiger partial charge in [-0.15, -0.1) is 0 Å². The number of nitrogens with one attached hydrogen (secondary N) is 3. The van der Waals surface area contributed by atoms with Crippen molar-refractivity contribution in [2.24, 2.45) is 18.9 Å². The predicted molar refractivity (Wildman–Crippen MR) is 227 cm³/mol. The number of para-hydroxylation sites is 1. The standard InChI is InChI=1S/C44H54F2N10O6/c1-53(19-5-21-61-20-4-7-29-6-3-8-34-39(29)54(2)44(60)56(34)35-15-16-37(57)51-42(35)59)24-28-11-13-31(14-12-28)55-25-32(38(52-55)40(45)46)49-41(58)33-26-62-43(50-33)30-17-18-47-36(22-30)48-23-27-9-10-27/h3,6,8,17-18,22,25-28,31,35,40H,4-5,7,9-16,19-21,23-24H2,1-2H3,(H,47,48)(H,49,58)(H,51,57,59). The Morgan fingerprint density at radius 3 is 2.61 bits per heavy atom. The second-order valence-electron chi connectivity index (χ2n) is 16.9. The number of rotatable bonds is 19. The van der Waals surface area contributed by atoms with E-state index in [-0.39, 0.29) is 41.3 Å². The van der Waals surface area contributed by atoms with Gasteiger partial charge in [0, 0.05) is 64.3 Å². The lowest BCUT2D eigenvalue weighted by Gasteiger charge is -2.31. The summed E-state index contributed by atoms with van der Waals surface area (Å²) in [6.07, 6.45) is 10.2. The molecule has 5 heterocycles. The van der Waals surface area contributed by atoms with Crippen LogP contribution in [0.5, 0.6) is 0 Å². The molecule has 8 rings (SSSR count). The number of aromatic nitrogens is 6. The number of ether oxygens (including phenoxy) is 1. The molecule has 3 aliphatic rings. The van der Waals surface area contributed by atoms with Crippen molar-refractivity contribution in [2.75, 3.05) is 50.5 Å². The van der Waals surface area contributed by atoms with E-state index >= 15 is 0 Å². The van der Waals surface area contributed by atoms with Gasteiger partial charge < -0.3 is 24.7 Å². The van der Waals surface area contributed by atoms with E-state index in [4.69, 9.17) is 9.15 Å². The average Bonchev–Trinajstić information content (AvgIpc) is 3.66. The molecule has 2 saturated carbocycles. The van der Waals surface area contributed by atoms with E-state index in [9.17, 15) is 28.0 Å². The summed E-state index contributed by atoms with van der Waals surface area (Å²) in [7, 11) is 3.82. The van der Waals surface area contributed by atoms with Gasteiger partial charge in [0.15, 0.2) is 11.4 Å². The van der Waals surface area contributed by atoms with E-state index in [1.54, 1.807) is 34.6 Å². The maximum absolute atomic E-state index is 14.1. The Hall–Kier alpha value is -5.75. The number of imide groups is 1. The highest BCUT2D eigenvalue weighted by atomic mass is 19.3. The Morgan fingerprint density at radius 2 is 1.84 bits per heavy atom. The van der Waals surface area contributed by atoms with Gasteiger partial charge in [-0.05, 0) is 107 Å². The molecule has 1 aromatic carbocycles. The third-order valence-corrected chi connectivity index (χ3v) is 12.3. The molecule has 1 atom stereocenters. The molecular weight excluding hydrogens is 803 g/mol. The van der Waals surface area contributed by atoms with E-state index < -0.39 is 30.0 Å². The van der Waals surface area contributed by atoms with Crippen LogP contribution in [0, 0.1) is 11.8 Å². The van der Waals surface area contributed by atoms with Gasteiger partial charge in [0.2, 0.25) is 17.7 Å². The smallest absolute Gasteiger partial charge is 0.329 e. The highest BCUT2D eigenvalue weighted by Gasteiger charge is 2.32. The number of aryl methyl sites for hydroxylation is 2. The minimum Gasteiger partial charge on any atom is -0.444 e. The molecular formula is C44H54F2N10O6. The average molecular weight is 857 g/mol. The van der Waals surface area contributed by atoms with E-state index in [1.807, 2.05) is 18.2 Å². The first-order valence-corrected chi connectivity index (χ1v) is 21.7. The topological polar surface area (TPSA) is 183 Å². The number of carbonyl (C=O) groups is 3. The van der Waals surface area contributed by atoms with E-state index in [0.29, 0.717) is 54.8 Å². The molecule has 18 heteroatoms. The largest absolute Gasteiger partial charge is 0.444 e. The maximum atomic E-state index is 14.1. The first kappa shape index (κ1) is 42.9. The quantitative estimate of drug-likeness (QED) is 0.0628. The van der Waals surface area contributed by atoms with E-state index in [0.717, 1.165) is 69.2 Å². The van der Waals surface area contributed by atoms with Crippen molar-refractivity contribution < 1.29 is 32.3 Å². The van der Waals surface area contributed by atoms with Crippen molar-refractivity contribution in [2.45, 2.75) is 89.1 Å². The monoisotopic (exact) mass is 856 g/mol. The number of fused-ring (bicyclic) bond motifs is 1. The Morgan fingerprint density at radius 1 is 1.05 bits per heavy atom. The van der Waals surface area contributed by atoms with Crippen molar-refractivity contribution in [1.82, 2.24) is 39.1 Å². The molecule has 0 spiro atoms. The summed E-state index contributed by atoms with van der Waals surface area (Å²) in [4.78, 5) is 61.6. The van der Waals surface area contributed by atoms with Crippen LogP contribution in [0.3, 0.4) is 0 Å². The SMILES string of the molecule is CN(CCCOCCCc1cccc2c1n(C)c(=O)n2C1CCC(=O)NC1=O)CC1CCC(n2cc(NC(=O)c3coc(-c4ccnc(NCC5CC5)c4)n3)c(C(F)F)n2)CC1. The minimum atomic E-state index is -2.87. The lowest BCUT2D eigenvalue weighted by Crippen LogP contribution is -2.44. The second kappa shape index (κ2) is 19.1. The summed E-state index contributed by atoms with van der Waals surface area (Å²) in [5, 5.41) is 12.5. The van der Waals surface area contributed by atoms with E-state index in [2.05, 4.69) is 43.0 Å². The zero-order valence-electron chi connectivity index (χ0n) is 35.2. The van der Waals surface area contributed by atoms with Crippen molar-refractivity contribution in [1.29, 1.82) is 0 Å². The van der Waals surface area contributed by atoms with Gasteiger partial charge >= 0.3 is 5.69 Å². The zero-order valence-corrected chi connectivity index (χ0v) is 35.2. The highest BCUT2D eigenvalue weighted by molar-refractivity contribution is 6.03. The number of oxazole rings is 1. The van der Waals surface area contributed by atoms with Crippen LogP contribution in [0.2, 0.25) is 0 Å². The number of benzene rings is 1. The van der Waals surface area contributed by atoms with Crippen molar-refractivity contribution in [3.05, 3.63) is 76.4 Å². The summed E-state index contributed by atoms with van der Waals surface area (Å²) in [5.41, 5.74) is 2.30. The Bertz CT molecular complexity index is 2450. The molecule has 62 heavy (non-hydrogen) atoms. The molecule has 2 aliphatic carbocycles. The first-order valence-electron chi connectivity index (χ1n) is 21.7. The number of halogens is 2. The number of pyridine rings is 1. The summed E-state index contributed by atoms with van der Waals surface area (Å²) in [6.45, 7) is 3.85. The Labute approximate surface area is 357 Å². The first-order chi connectivity index (χ1) is 30.0. The second-order valence-corrected chi connectivity index (χ2v) is 16.9. The fourth-order valence-electron chi connectivity index (χ4n) is 8.76. The fraction of sp³-hybridized carbons (Fsp3) is 0.523. The molecule has 0 radical (unpaired) electrons. The van der Waals surface area contributed by atoms with Crippen LogP contribution in [0.15, 0.2) is 58.2 Å². The number of piperidine rings is 1. The summed E-state index contributed by atoms with van der Waals surface area (Å²) >= 11 is 0. The molecule has 1 aliphatic heterocycles. The molecule has 1 saturated heterocycles. The number of imidazole rings is 1. The van der Waals surface area contributed by atoms with Crippen LogP contribution in [-0.4, -0.2) is 91.4 Å². The number of carbonyl (C=O) groups excluding carboxylic acids is 3. The molecule has 3 N–H and O–H groups in total. The van der Waals surface area contributed by atoms with Gasteiger partial charge in [-0.1, -0.05) is 12.1 Å². The van der Waals surface area contributed by atoms with Gasteiger partial charge in [0.1, 0.15) is 18.1 Å². The molecule has 4 aromatic heterocycles. The fourth-order valence-corrected chi connectivity index (χ4v) is 8.76. The lowest BCUT2D eigenvalue weighted by molar-refractivity contribution is -0.135. The van der Waals surface area contributed by atoms with Gasteiger partial charge in [-0.3, -0.25) is 33.5 Å². The van der Waals surface area contributed by atoms with Crippen LogP contribution in [-0.2, 0) is 27.8 Å². The van der Waals surface area contributed by atoms with Crippen molar-refractivity contribution in [3.8, 4) is 11.5 Å². The highest BCUT2D eigenvalue weighted by Crippen LogP contribution is 2.36. The third kappa shape index (κ3) is 9.96. The normalized spacial score (nSPS) is 19.4. The minimum absolute atomic E-state index is 0.0325. The van der Waals surface area contributed by atoms with Crippen LogP contribution in [0.4, 0.5) is 20.3 Å². The molecule has 3 fully saturated rings. The number of hydrogen-bond donors (Lipinski definition) is 3. The Balaban J connectivity index is 0.752. The van der Waals surface area contributed by atoms with Gasteiger partial charge in [0.25, 0.3) is 12.3 Å². The van der Waals surface area contributed by atoms with Crippen molar-refractivity contribution in [3.63, 3.8) is 0 Å². The van der Waals surface area contributed by atoms with Crippen LogP contribution in [0.25, 0.3) is 22.5 Å². The summed E-state index contributed by atoms with van der Waals surface area (Å²) < 4.78 is 44.5. The number of nitrogens with zero attached hydrogens (tertiary/aromatic N) is 7. The summed E-state index contributed by atoms with van der Waals surface area (Å²) in [5.74, 6) is 0.623. The number of anilines is 2. The number of hydrogen-bond acceptors (Lipinski definition) is 11. The predicted octanol–water partition coefficient (Wildman–Crippen LogP) is 6.28. The lowest BCUT2D eigenvalue weighted by atomic mass is 9.86. The molecule has 16 nitrogen and oxygen atoms in total. The summed E-state index contributed by atoms with van der Waals surface area (Å²) in [6, 6.07) is 8.49. The number of amides is 3. The van der Waals surface area contributed by atoms with Gasteiger partial charge in [0.05, 0.1) is 22.8 Å². The molecule has 5 aromatic rings. The zero-order chi connectivity index (χ0) is 43.3. The van der Waals surface area contributed by atoms with Crippen molar-refractivity contribution >= 4 is 40.3 Å². The van der Waals surface area contributed by atoms with Gasteiger partial charge in [-0.25, -0.2) is 23.5 Å². The third-order valence-electron chi connectivity index (χ3n) is 12.3. The molecule has 330 valence electrons. The Kier molecular flexibility index (Phi) is 13.2. The van der Waals surface area contributed by atoms with Gasteiger partial charge in [-0.2, -0.15) is 5.10 Å².